The first-order chi connectivity index (χ1) is 15.8. The van der Waals surface area contributed by atoms with Crippen molar-refractivity contribution in [3.63, 3.8) is 0 Å². The van der Waals surface area contributed by atoms with Crippen LogP contribution in [0.1, 0.15) is 22.4 Å². The van der Waals surface area contributed by atoms with Gasteiger partial charge < -0.3 is 14.2 Å². The van der Waals surface area contributed by atoms with E-state index < -0.39 is 11.7 Å². The second-order valence-corrected chi connectivity index (χ2v) is 7.69. The van der Waals surface area contributed by atoms with Crippen LogP contribution < -0.4 is 14.2 Å². The third kappa shape index (κ3) is 4.73. The van der Waals surface area contributed by atoms with Gasteiger partial charge in [-0.25, -0.2) is 9.97 Å². The van der Waals surface area contributed by atoms with E-state index in [9.17, 15) is 13.2 Å². The maximum absolute atomic E-state index is 12.8. The Morgan fingerprint density at radius 1 is 0.939 bits per heavy atom. The number of nitrogens with zero attached hydrogens (tertiary/aromatic N) is 3. The molecule has 33 heavy (non-hydrogen) atoms. The number of halogens is 3. The highest BCUT2D eigenvalue weighted by Gasteiger charge is 2.30. The average molecular weight is 459 g/mol. The zero-order valence-corrected chi connectivity index (χ0v) is 18.6. The van der Waals surface area contributed by atoms with Gasteiger partial charge in [0.05, 0.1) is 32.6 Å². The lowest BCUT2D eigenvalue weighted by Crippen LogP contribution is -2.31. The van der Waals surface area contributed by atoms with Crippen molar-refractivity contribution in [1.29, 1.82) is 0 Å². The van der Waals surface area contributed by atoms with Gasteiger partial charge in [-0.05, 0) is 18.2 Å². The molecular weight excluding hydrogens is 435 g/mol. The summed E-state index contributed by atoms with van der Waals surface area (Å²) >= 11 is 0. The van der Waals surface area contributed by atoms with E-state index in [1.54, 1.807) is 27.5 Å². The molecule has 0 N–H and O–H groups in total. The molecule has 2 aromatic carbocycles. The van der Waals surface area contributed by atoms with Gasteiger partial charge in [0, 0.05) is 48.9 Å². The zero-order chi connectivity index (χ0) is 23.6. The summed E-state index contributed by atoms with van der Waals surface area (Å²) in [6.07, 6.45) is -1.90. The minimum atomic E-state index is -4.37. The fourth-order valence-electron chi connectivity index (χ4n) is 3.99. The molecule has 0 saturated carbocycles. The first-order valence-electron chi connectivity index (χ1n) is 10.4. The number of hydrogen-bond acceptors (Lipinski definition) is 6. The van der Waals surface area contributed by atoms with Crippen molar-refractivity contribution in [2.75, 3.05) is 27.9 Å². The van der Waals surface area contributed by atoms with E-state index in [0.29, 0.717) is 48.1 Å². The van der Waals surface area contributed by atoms with Crippen LogP contribution in [0.25, 0.3) is 11.4 Å². The molecule has 0 saturated heterocycles. The number of aromatic nitrogens is 2. The van der Waals surface area contributed by atoms with Gasteiger partial charge in [-0.15, -0.1) is 0 Å². The summed E-state index contributed by atoms with van der Waals surface area (Å²) in [5.41, 5.74) is 2.75. The van der Waals surface area contributed by atoms with E-state index in [0.717, 1.165) is 35.5 Å². The number of alkyl halides is 3. The number of rotatable bonds is 6. The molecule has 1 aliphatic rings. The number of hydrogen-bond donors (Lipinski definition) is 0. The van der Waals surface area contributed by atoms with Crippen LogP contribution in [0.4, 0.5) is 13.2 Å². The van der Waals surface area contributed by atoms with Crippen molar-refractivity contribution in [2.45, 2.75) is 25.7 Å². The SMILES string of the molecule is COc1ccc(CN2CCc3nc(-c4ccc(C(F)(F)F)cc4)ncc3C2)c(OC)c1OC. The lowest BCUT2D eigenvalue weighted by atomic mass is 10.0. The molecule has 9 heteroatoms. The van der Waals surface area contributed by atoms with Gasteiger partial charge in [0.25, 0.3) is 0 Å². The summed E-state index contributed by atoms with van der Waals surface area (Å²) in [6.45, 7) is 2.07. The Morgan fingerprint density at radius 2 is 1.67 bits per heavy atom. The molecule has 0 unspecified atom stereocenters. The molecule has 1 aliphatic heterocycles. The Hall–Kier alpha value is -3.33. The summed E-state index contributed by atoms with van der Waals surface area (Å²) in [5.74, 6) is 2.22. The molecule has 2 heterocycles. The van der Waals surface area contributed by atoms with Crippen molar-refractivity contribution >= 4 is 0 Å². The van der Waals surface area contributed by atoms with Crippen LogP contribution >= 0.6 is 0 Å². The highest BCUT2D eigenvalue weighted by molar-refractivity contribution is 5.57. The second-order valence-electron chi connectivity index (χ2n) is 7.69. The third-order valence-electron chi connectivity index (χ3n) is 5.66. The van der Waals surface area contributed by atoms with Crippen molar-refractivity contribution in [3.05, 3.63) is 65.0 Å². The number of ether oxygens (including phenoxy) is 3. The molecule has 0 bridgehead atoms. The molecule has 3 aromatic rings. The lowest BCUT2D eigenvalue weighted by Gasteiger charge is -2.29. The smallest absolute Gasteiger partial charge is 0.416 e. The summed E-state index contributed by atoms with van der Waals surface area (Å²) < 4.78 is 54.8. The van der Waals surface area contributed by atoms with E-state index in [-0.39, 0.29) is 0 Å². The second kappa shape index (κ2) is 9.27. The first kappa shape index (κ1) is 22.8. The molecule has 1 aromatic heterocycles. The molecule has 0 amide bonds. The van der Waals surface area contributed by atoms with E-state index in [1.165, 1.54) is 12.1 Å². The van der Waals surface area contributed by atoms with Crippen LogP contribution in [0.5, 0.6) is 17.2 Å². The van der Waals surface area contributed by atoms with E-state index in [2.05, 4.69) is 14.9 Å². The fraction of sp³-hybridized carbons (Fsp3) is 0.333. The van der Waals surface area contributed by atoms with Crippen LogP contribution in [-0.4, -0.2) is 42.7 Å². The summed E-state index contributed by atoms with van der Waals surface area (Å²) in [4.78, 5) is 11.3. The number of benzene rings is 2. The fourth-order valence-corrected chi connectivity index (χ4v) is 3.99. The van der Waals surface area contributed by atoms with Gasteiger partial charge >= 0.3 is 6.18 Å². The van der Waals surface area contributed by atoms with Gasteiger partial charge in [0.15, 0.2) is 17.3 Å². The van der Waals surface area contributed by atoms with Crippen LogP contribution in [0, 0.1) is 0 Å². The summed E-state index contributed by atoms with van der Waals surface area (Å²) in [5, 5.41) is 0. The predicted octanol–water partition coefficient (Wildman–Crippen LogP) is 4.75. The topological polar surface area (TPSA) is 56.7 Å². The zero-order valence-electron chi connectivity index (χ0n) is 18.6. The lowest BCUT2D eigenvalue weighted by molar-refractivity contribution is -0.137. The average Bonchev–Trinajstić information content (AvgIpc) is 2.82. The van der Waals surface area contributed by atoms with E-state index in [1.807, 2.05) is 12.1 Å². The highest BCUT2D eigenvalue weighted by atomic mass is 19.4. The minimum Gasteiger partial charge on any atom is -0.493 e. The quantitative estimate of drug-likeness (QED) is 0.531. The van der Waals surface area contributed by atoms with E-state index >= 15 is 0 Å². The maximum Gasteiger partial charge on any atom is 0.416 e. The normalized spacial score (nSPS) is 14.0. The molecule has 0 aliphatic carbocycles. The molecule has 6 nitrogen and oxygen atoms in total. The Kier molecular flexibility index (Phi) is 6.42. The standard InChI is InChI=1S/C24H24F3N3O3/c1-31-20-9-6-16(21(32-2)22(20)33-3)13-30-11-10-19-17(14-30)12-28-23(29-19)15-4-7-18(8-5-15)24(25,26)27/h4-9,12H,10-11,13-14H2,1-3H3. The van der Waals surface area contributed by atoms with E-state index in [4.69, 9.17) is 14.2 Å². The Balaban J connectivity index is 1.51. The summed E-state index contributed by atoms with van der Waals surface area (Å²) in [6, 6.07) is 8.73. The van der Waals surface area contributed by atoms with Gasteiger partial charge in [-0.1, -0.05) is 18.2 Å². The molecule has 0 radical (unpaired) electrons. The van der Waals surface area contributed by atoms with Crippen LogP contribution in [0.3, 0.4) is 0 Å². The number of methoxy groups -OCH3 is 3. The Morgan fingerprint density at radius 3 is 2.30 bits per heavy atom. The van der Waals surface area contributed by atoms with Gasteiger partial charge in [0.1, 0.15) is 0 Å². The number of fused-ring (bicyclic) bond motifs is 1. The predicted molar refractivity (Wildman–Crippen MR) is 116 cm³/mol. The van der Waals surface area contributed by atoms with Crippen LogP contribution in [0.2, 0.25) is 0 Å². The van der Waals surface area contributed by atoms with Gasteiger partial charge in [-0.3, -0.25) is 4.90 Å². The molecule has 0 atom stereocenters. The van der Waals surface area contributed by atoms with Crippen molar-refractivity contribution in [3.8, 4) is 28.6 Å². The largest absolute Gasteiger partial charge is 0.493 e. The highest BCUT2D eigenvalue weighted by Crippen LogP contribution is 2.40. The van der Waals surface area contributed by atoms with Crippen molar-refractivity contribution in [2.24, 2.45) is 0 Å². The van der Waals surface area contributed by atoms with Gasteiger partial charge in [0.2, 0.25) is 5.75 Å². The minimum absolute atomic E-state index is 0.428. The van der Waals surface area contributed by atoms with Crippen LogP contribution in [0.15, 0.2) is 42.6 Å². The molecule has 0 spiro atoms. The molecule has 4 rings (SSSR count). The third-order valence-corrected chi connectivity index (χ3v) is 5.66. The Labute approximate surface area is 189 Å². The van der Waals surface area contributed by atoms with Crippen molar-refractivity contribution in [1.82, 2.24) is 14.9 Å². The first-order valence-corrected chi connectivity index (χ1v) is 10.4. The summed E-state index contributed by atoms with van der Waals surface area (Å²) in [7, 11) is 4.76. The van der Waals surface area contributed by atoms with Gasteiger partial charge in [-0.2, -0.15) is 13.2 Å². The monoisotopic (exact) mass is 459 g/mol. The van der Waals surface area contributed by atoms with Crippen molar-refractivity contribution < 1.29 is 27.4 Å². The maximum atomic E-state index is 12.8. The molecular formula is C24H24F3N3O3. The molecule has 0 fully saturated rings. The molecule has 174 valence electrons. The van der Waals surface area contributed by atoms with Crippen LogP contribution in [-0.2, 0) is 25.7 Å². The Bertz CT molecular complexity index is 1130.